The Morgan fingerprint density at radius 2 is 1.58 bits per heavy atom. The number of amides is 1. The number of piperidine rings is 1. The van der Waals surface area contributed by atoms with E-state index in [-0.39, 0.29) is 23.3 Å². The second-order valence-electron chi connectivity index (χ2n) is 9.33. The van der Waals surface area contributed by atoms with Crippen molar-refractivity contribution in [1.82, 2.24) is 4.31 Å². The van der Waals surface area contributed by atoms with Gasteiger partial charge in [-0.2, -0.15) is 8.42 Å². The molecule has 3 aliphatic rings. The third-order valence-electron chi connectivity index (χ3n) is 6.42. The molecule has 1 saturated carbocycles. The summed E-state index contributed by atoms with van der Waals surface area (Å²) in [6.07, 6.45) is 3.03. The second kappa shape index (κ2) is 8.04. The van der Waals surface area contributed by atoms with E-state index in [1.165, 1.54) is 4.31 Å². The highest BCUT2D eigenvalue weighted by Crippen LogP contribution is 2.44. The van der Waals surface area contributed by atoms with Crippen LogP contribution >= 0.6 is 0 Å². The zero-order valence-electron chi connectivity index (χ0n) is 18.0. The lowest BCUT2D eigenvalue weighted by atomic mass is 9.77. The predicted molar refractivity (Wildman–Crippen MR) is 118 cm³/mol. The van der Waals surface area contributed by atoms with Crippen LogP contribution in [0, 0.1) is 11.3 Å². The monoisotopic (exact) mass is 470 g/mol. The van der Waals surface area contributed by atoms with Crippen molar-refractivity contribution >= 4 is 31.7 Å². The number of benzene rings is 1. The van der Waals surface area contributed by atoms with Crippen LogP contribution in [0.25, 0.3) is 0 Å². The summed E-state index contributed by atoms with van der Waals surface area (Å²) in [6.45, 7) is 5.09. The second-order valence-corrected chi connectivity index (χ2v) is 13.2. The van der Waals surface area contributed by atoms with Gasteiger partial charge in [0.1, 0.15) is 5.75 Å². The number of sulfonamides is 1. The van der Waals surface area contributed by atoms with Crippen LogP contribution in [-0.4, -0.2) is 57.7 Å². The molecule has 0 unspecified atom stereocenters. The van der Waals surface area contributed by atoms with Gasteiger partial charge in [0.05, 0.1) is 16.4 Å². The normalized spacial score (nSPS) is 22.4. The molecule has 0 radical (unpaired) electrons. The Kier molecular flexibility index (Phi) is 5.85. The highest BCUT2D eigenvalue weighted by Gasteiger charge is 2.49. The first-order valence-electron chi connectivity index (χ1n) is 10.9. The summed E-state index contributed by atoms with van der Waals surface area (Å²) in [5.74, 6) is 0.467. The number of nitrogens with zero attached hydrogens (tertiary/aromatic N) is 2. The van der Waals surface area contributed by atoms with E-state index in [2.05, 4.69) is 0 Å². The van der Waals surface area contributed by atoms with E-state index in [1.54, 1.807) is 29.2 Å². The smallest absolute Gasteiger partial charge is 0.312 e. The molecule has 2 aliphatic heterocycles. The zero-order valence-corrected chi connectivity index (χ0v) is 19.6. The zero-order chi connectivity index (χ0) is 22.4. The summed E-state index contributed by atoms with van der Waals surface area (Å²) in [7, 11) is -6.85. The standard InChI is InChI=1S/C21H30N2O6S2/c1-16(2)15-30(25,26)22-12-9-21(10-13-22)11-14-23(20(21)24)17-3-5-18(6-4-17)29-31(27,28)19-7-8-19/h3-6,16,19H,7-15H2,1-2H3. The quantitative estimate of drug-likeness (QED) is 0.567. The predicted octanol–water partition coefficient (Wildman–Crippen LogP) is 2.36. The number of carbonyl (C=O) groups excluding carboxylic acids is 1. The maximum atomic E-state index is 13.3. The van der Waals surface area contributed by atoms with Gasteiger partial charge in [0.2, 0.25) is 15.9 Å². The average Bonchev–Trinajstić information content (AvgIpc) is 3.50. The van der Waals surface area contributed by atoms with E-state index in [9.17, 15) is 21.6 Å². The third kappa shape index (κ3) is 4.61. The van der Waals surface area contributed by atoms with Gasteiger partial charge in [-0.25, -0.2) is 12.7 Å². The Morgan fingerprint density at radius 1 is 1.00 bits per heavy atom. The molecule has 1 aromatic rings. The minimum Gasteiger partial charge on any atom is -0.382 e. The molecule has 4 rings (SSSR count). The van der Waals surface area contributed by atoms with Gasteiger partial charge in [0.25, 0.3) is 0 Å². The van der Waals surface area contributed by atoms with Gasteiger partial charge < -0.3 is 9.08 Å². The van der Waals surface area contributed by atoms with Gasteiger partial charge in [-0.05, 0) is 62.3 Å². The molecule has 0 bridgehead atoms. The highest BCUT2D eigenvalue weighted by atomic mass is 32.2. The van der Waals surface area contributed by atoms with Gasteiger partial charge in [-0.15, -0.1) is 0 Å². The first kappa shape index (κ1) is 22.5. The Balaban J connectivity index is 1.40. The van der Waals surface area contributed by atoms with E-state index in [1.807, 2.05) is 13.8 Å². The molecular formula is C21H30N2O6S2. The molecule has 172 valence electrons. The van der Waals surface area contributed by atoms with Crippen molar-refractivity contribution in [1.29, 1.82) is 0 Å². The van der Waals surface area contributed by atoms with Gasteiger partial charge in [0, 0.05) is 25.3 Å². The van der Waals surface area contributed by atoms with Gasteiger partial charge in [-0.1, -0.05) is 13.8 Å². The molecule has 3 fully saturated rings. The number of carbonyl (C=O) groups is 1. The molecule has 1 aromatic carbocycles. The number of rotatable bonds is 7. The lowest BCUT2D eigenvalue weighted by Gasteiger charge is -2.37. The summed E-state index contributed by atoms with van der Waals surface area (Å²) < 4.78 is 55.7. The Morgan fingerprint density at radius 3 is 2.13 bits per heavy atom. The van der Waals surface area contributed by atoms with Crippen LogP contribution in [0.1, 0.15) is 46.0 Å². The van der Waals surface area contributed by atoms with Crippen LogP contribution in [0.3, 0.4) is 0 Å². The van der Waals surface area contributed by atoms with E-state index in [0.717, 1.165) is 0 Å². The summed E-state index contributed by atoms with van der Waals surface area (Å²) >= 11 is 0. The fraction of sp³-hybridized carbons (Fsp3) is 0.667. The summed E-state index contributed by atoms with van der Waals surface area (Å²) in [5, 5.41) is -0.401. The fourth-order valence-corrected chi connectivity index (χ4v) is 7.51. The molecule has 0 aromatic heterocycles. The van der Waals surface area contributed by atoms with Crippen molar-refractivity contribution < 1.29 is 25.8 Å². The van der Waals surface area contributed by atoms with Gasteiger partial charge in [-0.3, -0.25) is 4.79 Å². The van der Waals surface area contributed by atoms with E-state index < -0.39 is 30.8 Å². The Hall–Kier alpha value is -1.65. The molecule has 8 nitrogen and oxygen atoms in total. The molecule has 31 heavy (non-hydrogen) atoms. The van der Waals surface area contributed by atoms with Gasteiger partial charge in [0.15, 0.2) is 0 Å². The SMILES string of the molecule is CC(C)CS(=O)(=O)N1CCC2(CCN(c3ccc(OS(=O)(=O)C4CC4)cc3)C2=O)CC1. The molecule has 2 saturated heterocycles. The van der Waals surface area contributed by atoms with Crippen molar-refractivity contribution in [2.24, 2.45) is 11.3 Å². The van der Waals surface area contributed by atoms with Crippen LogP contribution < -0.4 is 9.08 Å². The molecule has 10 heteroatoms. The Labute approximate surface area is 184 Å². The summed E-state index contributed by atoms with van der Waals surface area (Å²) in [4.78, 5) is 15.0. The molecular weight excluding hydrogens is 440 g/mol. The van der Waals surface area contributed by atoms with Crippen LogP contribution in [0.4, 0.5) is 5.69 Å². The van der Waals surface area contributed by atoms with E-state index in [0.29, 0.717) is 57.4 Å². The van der Waals surface area contributed by atoms with Crippen LogP contribution in [0.2, 0.25) is 0 Å². The highest BCUT2D eigenvalue weighted by molar-refractivity contribution is 7.89. The van der Waals surface area contributed by atoms with Crippen LogP contribution in [-0.2, 0) is 24.9 Å². The lowest BCUT2D eigenvalue weighted by molar-refractivity contribution is -0.127. The lowest BCUT2D eigenvalue weighted by Crippen LogP contribution is -2.47. The first-order valence-corrected chi connectivity index (χ1v) is 13.9. The van der Waals surface area contributed by atoms with Crippen molar-refractivity contribution in [2.45, 2.75) is 51.2 Å². The summed E-state index contributed by atoms with van der Waals surface area (Å²) in [6, 6.07) is 6.57. The van der Waals surface area contributed by atoms with Crippen molar-refractivity contribution in [3.63, 3.8) is 0 Å². The van der Waals surface area contributed by atoms with Gasteiger partial charge >= 0.3 is 10.1 Å². The third-order valence-corrected chi connectivity index (χ3v) is 10.4. The van der Waals surface area contributed by atoms with Crippen molar-refractivity contribution in [2.75, 3.05) is 30.3 Å². The maximum Gasteiger partial charge on any atom is 0.312 e. The topological polar surface area (TPSA) is 101 Å². The van der Waals surface area contributed by atoms with Crippen molar-refractivity contribution in [3.8, 4) is 5.75 Å². The maximum absolute atomic E-state index is 13.3. The van der Waals surface area contributed by atoms with Crippen LogP contribution in [0.5, 0.6) is 5.75 Å². The minimum absolute atomic E-state index is 0.0210. The number of hydrogen-bond acceptors (Lipinski definition) is 6. The molecule has 1 spiro atoms. The molecule has 2 heterocycles. The molecule has 0 atom stereocenters. The number of hydrogen-bond donors (Lipinski definition) is 0. The largest absolute Gasteiger partial charge is 0.382 e. The van der Waals surface area contributed by atoms with E-state index >= 15 is 0 Å². The number of anilines is 1. The fourth-order valence-electron chi connectivity index (χ4n) is 4.49. The van der Waals surface area contributed by atoms with Crippen LogP contribution in [0.15, 0.2) is 24.3 Å². The molecule has 1 aliphatic carbocycles. The average molecular weight is 471 g/mol. The minimum atomic E-state index is -3.56. The van der Waals surface area contributed by atoms with Crippen molar-refractivity contribution in [3.05, 3.63) is 24.3 Å². The van der Waals surface area contributed by atoms with E-state index in [4.69, 9.17) is 4.18 Å². The molecule has 1 amide bonds. The first-order chi connectivity index (χ1) is 14.5. The summed E-state index contributed by atoms with van der Waals surface area (Å²) in [5.41, 5.74) is 0.182. The Bertz CT molecular complexity index is 1040. The molecule has 0 N–H and O–H groups in total.